The van der Waals surface area contributed by atoms with Crippen LogP contribution in [-0.2, 0) is 0 Å². The zero-order valence-electron chi connectivity index (χ0n) is 11.3. The molecular formula is C14H19ClN2O3. The molecule has 20 heavy (non-hydrogen) atoms. The summed E-state index contributed by atoms with van der Waals surface area (Å²) >= 11 is 5.96. The molecule has 6 heteroatoms. The maximum Gasteiger partial charge on any atom is 0.256 e. The van der Waals surface area contributed by atoms with Gasteiger partial charge in [-0.2, -0.15) is 0 Å². The molecular weight excluding hydrogens is 280 g/mol. The molecule has 0 aliphatic carbocycles. The summed E-state index contributed by atoms with van der Waals surface area (Å²) in [6, 6.07) is 5.11. The van der Waals surface area contributed by atoms with E-state index in [9.17, 15) is 15.0 Å². The third-order valence-corrected chi connectivity index (χ3v) is 3.56. The fourth-order valence-corrected chi connectivity index (χ4v) is 2.38. The number of nitrogens with zero attached hydrogens (tertiary/aromatic N) is 1. The zero-order chi connectivity index (χ0) is 14.7. The van der Waals surface area contributed by atoms with Crippen LogP contribution in [-0.4, -0.2) is 52.9 Å². The predicted octanol–water partition coefficient (Wildman–Crippen LogP) is 1.34. The van der Waals surface area contributed by atoms with E-state index in [-0.39, 0.29) is 19.0 Å². The van der Waals surface area contributed by atoms with Crippen molar-refractivity contribution in [3.05, 3.63) is 28.8 Å². The number of benzene rings is 1. The minimum Gasteiger partial charge on any atom is -0.388 e. The lowest BCUT2D eigenvalue weighted by Crippen LogP contribution is -2.30. The average Bonchev–Trinajstić information content (AvgIpc) is 2.76. The average molecular weight is 299 g/mol. The van der Waals surface area contributed by atoms with E-state index in [0.717, 1.165) is 18.7 Å². The van der Waals surface area contributed by atoms with Gasteiger partial charge < -0.3 is 20.4 Å². The number of anilines is 1. The first kappa shape index (κ1) is 15.1. The Balaban J connectivity index is 2.22. The van der Waals surface area contributed by atoms with E-state index in [1.54, 1.807) is 18.2 Å². The molecule has 2 rings (SSSR count). The lowest BCUT2D eigenvalue weighted by atomic mass is 10.1. The molecule has 0 radical (unpaired) electrons. The summed E-state index contributed by atoms with van der Waals surface area (Å²) in [6.07, 6.45) is -0.826. The van der Waals surface area contributed by atoms with Gasteiger partial charge in [0.2, 0.25) is 0 Å². The Hall–Kier alpha value is -1.30. The number of hydrogen-bond donors (Lipinski definition) is 3. The van der Waals surface area contributed by atoms with Crippen LogP contribution in [0.2, 0.25) is 5.02 Å². The largest absolute Gasteiger partial charge is 0.388 e. The van der Waals surface area contributed by atoms with E-state index in [0.29, 0.717) is 10.6 Å². The van der Waals surface area contributed by atoms with Crippen LogP contribution in [0.4, 0.5) is 5.69 Å². The van der Waals surface area contributed by atoms with E-state index >= 15 is 0 Å². The summed E-state index contributed by atoms with van der Waals surface area (Å²) in [6.45, 7) is 3.07. The number of carbonyl (C=O) groups is 1. The molecule has 1 saturated heterocycles. The summed E-state index contributed by atoms with van der Waals surface area (Å²) < 4.78 is 0. The van der Waals surface area contributed by atoms with E-state index < -0.39 is 12.2 Å². The third-order valence-electron chi connectivity index (χ3n) is 3.32. The Bertz CT molecular complexity index is 485. The van der Waals surface area contributed by atoms with Gasteiger partial charge in [-0.3, -0.25) is 4.79 Å². The zero-order valence-corrected chi connectivity index (χ0v) is 12.1. The van der Waals surface area contributed by atoms with Gasteiger partial charge in [0.15, 0.2) is 0 Å². The van der Waals surface area contributed by atoms with Crippen LogP contribution in [0, 0.1) is 0 Å². The maximum atomic E-state index is 12.5. The van der Waals surface area contributed by atoms with Crippen molar-refractivity contribution in [2.24, 2.45) is 0 Å². The first-order valence-corrected chi connectivity index (χ1v) is 7.09. The first-order chi connectivity index (χ1) is 9.52. The van der Waals surface area contributed by atoms with Crippen LogP contribution in [0.15, 0.2) is 18.2 Å². The third kappa shape index (κ3) is 3.23. The number of hydrogen-bond acceptors (Lipinski definition) is 4. The van der Waals surface area contributed by atoms with E-state index in [4.69, 9.17) is 11.6 Å². The number of rotatable bonds is 4. The molecule has 0 aromatic heterocycles. The Morgan fingerprint density at radius 2 is 2.05 bits per heavy atom. The second-order valence-electron chi connectivity index (χ2n) is 4.96. The van der Waals surface area contributed by atoms with Gasteiger partial charge in [-0.15, -0.1) is 0 Å². The molecule has 1 aliphatic heterocycles. The Kier molecular flexibility index (Phi) is 4.86. The molecule has 2 atom stereocenters. The van der Waals surface area contributed by atoms with Crippen molar-refractivity contribution in [1.82, 2.24) is 4.90 Å². The predicted molar refractivity (Wildman–Crippen MR) is 78.1 cm³/mol. The standard InChI is InChI=1S/C14H19ClN2O3/c1-2-5-16-11-4-3-9(15)6-10(11)14(20)17-7-12(18)13(19)8-17/h3-4,6,12-13,16,18-19H,2,5,7-8H2,1H3. The van der Waals surface area contributed by atoms with Gasteiger partial charge >= 0.3 is 0 Å². The molecule has 1 aromatic carbocycles. The van der Waals surface area contributed by atoms with E-state index in [2.05, 4.69) is 5.32 Å². The van der Waals surface area contributed by atoms with Crippen molar-refractivity contribution in [2.45, 2.75) is 25.6 Å². The van der Waals surface area contributed by atoms with Gasteiger partial charge in [0.25, 0.3) is 5.91 Å². The summed E-state index contributed by atoms with van der Waals surface area (Å²) in [5, 5.41) is 22.8. The van der Waals surface area contributed by atoms with Crippen LogP contribution in [0.1, 0.15) is 23.7 Å². The van der Waals surface area contributed by atoms with Gasteiger partial charge in [-0.25, -0.2) is 0 Å². The normalized spacial score (nSPS) is 22.1. The molecule has 1 aliphatic rings. The molecule has 0 saturated carbocycles. The molecule has 0 spiro atoms. The summed E-state index contributed by atoms with van der Waals surface area (Å²) in [7, 11) is 0. The molecule has 1 heterocycles. The summed E-state index contributed by atoms with van der Waals surface area (Å²) in [4.78, 5) is 13.9. The van der Waals surface area contributed by atoms with Crippen molar-refractivity contribution in [2.75, 3.05) is 25.0 Å². The molecule has 0 bridgehead atoms. The van der Waals surface area contributed by atoms with Crippen molar-refractivity contribution >= 4 is 23.2 Å². The number of aliphatic hydroxyl groups excluding tert-OH is 2. The van der Waals surface area contributed by atoms with Crippen LogP contribution in [0.25, 0.3) is 0 Å². The summed E-state index contributed by atoms with van der Waals surface area (Å²) in [5.41, 5.74) is 1.18. The van der Waals surface area contributed by atoms with Gasteiger partial charge in [0.1, 0.15) is 0 Å². The SMILES string of the molecule is CCCNc1ccc(Cl)cc1C(=O)N1CC(O)C(O)C1. The molecule has 1 fully saturated rings. The van der Waals surface area contributed by atoms with Gasteiger partial charge in [0.05, 0.1) is 17.8 Å². The minimum atomic E-state index is -0.884. The van der Waals surface area contributed by atoms with Crippen molar-refractivity contribution in [1.29, 1.82) is 0 Å². The fourth-order valence-electron chi connectivity index (χ4n) is 2.21. The van der Waals surface area contributed by atoms with E-state index in [1.807, 2.05) is 6.92 Å². The number of halogens is 1. The fraction of sp³-hybridized carbons (Fsp3) is 0.500. The van der Waals surface area contributed by atoms with E-state index in [1.165, 1.54) is 4.90 Å². The molecule has 1 amide bonds. The highest BCUT2D eigenvalue weighted by Crippen LogP contribution is 2.24. The van der Waals surface area contributed by atoms with Gasteiger partial charge in [-0.05, 0) is 24.6 Å². The van der Waals surface area contributed by atoms with Crippen molar-refractivity contribution in [3.8, 4) is 0 Å². The number of β-amino-alcohol motifs (C(OH)–C–C–N with tert-alkyl or cyclic N) is 2. The Labute approximate surface area is 123 Å². The maximum absolute atomic E-state index is 12.5. The van der Waals surface area contributed by atoms with Crippen LogP contribution in [0.3, 0.4) is 0 Å². The van der Waals surface area contributed by atoms with Crippen LogP contribution >= 0.6 is 11.6 Å². The number of aliphatic hydroxyl groups is 2. The van der Waals surface area contributed by atoms with Crippen molar-refractivity contribution < 1.29 is 15.0 Å². The smallest absolute Gasteiger partial charge is 0.256 e. The van der Waals surface area contributed by atoms with Gasteiger partial charge in [-0.1, -0.05) is 18.5 Å². The lowest BCUT2D eigenvalue weighted by molar-refractivity contribution is 0.0572. The van der Waals surface area contributed by atoms with Gasteiger partial charge in [0, 0.05) is 30.3 Å². The molecule has 5 nitrogen and oxygen atoms in total. The quantitative estimate of drug-likeness (QED) is 0.784. The molecule has 2 unspecified atom stereocenters. The number of carbonyl (C=O) groups excluding carboxylic acids is 1. The number of amides is 1. The van der Waals surface area contributed by atoms with Crippen LogP contribution in [0.5, 0.6) is 0 Å². The number of likely N-dealkylation sites (tertiary alicyclic amines) is 1. The molecule has 1 aromatic rings. The van der Waals surface area contributed by atoms with Crippen LogP contribution < -0.4 is 5.32 Å². The Morgan fingerprint density at radius 3 is 2.65 bits per heavy atom. The highest BCUT2D eigenvalue weighted by Gasteiger charge is 2.33. The Morgan fingerprint density at radius 1 is 1.40 bits per heavy atom. The number of nitrogens with one attached hydrogen (secondary N) is 1. The second kappa shape index (κ2) is 6.43. The highest BCUT2D eigenvalue weighted by atomic mass is 35.5. The minimum absolute atomic E-state index is 0.139. The second-order valence-corrected chi connectivity index (χ2v) is 5.40. The van der Waals surface area contributed by atoms with Crippen molar-refractivity contribution in [3.63, 3.8) is 0 Å². The molecule has 3 N–H and O–H groups in total. The highest BCUT2D eigenvalue weighted by molar-refractivity contribution is 6.31. The molecule has 110 valence electrons. The summed E-state index contributed by atoms with van der Waals surface area (Å²) in [5.74, 6) is -0.235. The monoisotopic (exact) mass is 298 g/mol. The first-order valence-electron chi connectivity index (χ1n) is 6.71. The topological polar surface area (TPSA) is 72.8 Å². The lowest BCUT2D eigenvalue weighted by Gasteiger charge is -2.18.